The van der Waals surface area contributed by atoms with Gasteiger partial charge in [-0.3, -0.25) is 4.79 Å². The molecule has 4 nitrogen and oxygen atoms in total. The Hall–Kier alpha value is -2.02. The van der Waals surface area contributed by atoms with E-state index in [1.54, 1.807) is 17.7 Å². The predicted octanol–water partition coefficient (Wildman–Crippen LogP) is 2.86. The highest BCUT2D eigenvalue weighted by Crippen LogP contribution is 2.40. The number of anilines is 1. The molecular formula is C18H20F3N3O. The number of benzene rings is 1. The number of pyridine rings is 1. The SMILES string of the molecule is Cc1cn(C2CC2)c2c(F)c(N3CCNC(C)C3)c(F)c(F)c2c1=O. The molecule has 4 rings (SSSR count). The number of aryl methyl sites for hydroxylation is 1. The lowest BCUT2D eigenvalue weighted by Gasteiger charge is -2.34. The van der Waals surface area contributed by atoms with Gasteiger partial charge in [0.25, 0.3) is 0 Å². The van der Waals surface area contributed by atoms with E-state index in [0.717, 1.165) is 12.8 Å². The molecule has 2 aliphatic rings. The Morgan fingerprint density at radius 1 is 1.16 bits per heavy atom. The van der Waals surface area contributed by atoms with Crippen molar-refractivity contribution >= 4 is 16.6 Å². The van der Waals surface area contributed by atoms with Gasteiger partial charge >= 0.3 is 0 Å². The van der Waals surface area contributed by atoms with Gasteiger partial charge in [0.1, 0.15) is 5.69 Å². The van der Waals surface area contributed by atoms with E-state index in [1.165, 1.54) is 4.90 Å². The Balaban J connectivity index is 2.04. The third-order valence-electron chi connectivity index (χ3n) is 5.07. The monoisotopic (exact) mass is 351 g/mol. The van der Waals surface area contributed by atoms with Crippen molar-refractivity contribution in [1.82, 2.24) is 9.88 Å². The number of nitrogens with one attached hydrogen (secondary N) is 1. The molecule has 2 fully saturated rings. The third-order valence-corrected chi connectivity index (χ3v) is 5.07. The maximum Gasteiger partial charge on any atom is 0.195 e. The molecule has 25 heavy (non-hydrogen) atoms. The number of piperazine rings is 1. The van der Waals surface area contributed by atoms with Crippen LogP contribution in [0, 0.1) is 24.4 Å². The zero-order valence-electron chi connectivity index (χ0n) is 14.2. The van der Waals surface area contributed by atoms with E-state index in [1.807, 2.05) is 6.92 Å². The standard InChI is InChI=1S/C18H20F3N3O/c1-9-7-24(11-3-4-11)16-12(18(9)25)13(19)14(20)17(15(16)21)23-6-5-22-10(2)8-23/h7,10-11,22H,3-6,8H2,1-2H3. The molecule has 0 amide bonds. The number of halogens is 3. The van der Waals surface area contributed by atoms with Crippen LogP contribution in [0.15, 0.2) is 11.0 Å². The molecule has 1 atom stereocenters. The van der Waals surface area contributed by atoms with Crippen LogP contribution in [0.2, 0.25) is 0 Å². The van der Waals surface area contributed by atoms with Crippen molar-refractivity contribution in [2.45, 2.75) is 38.8 Å². The maximum absolute atomic E-state index is 15.4. The van der Waals surface area contributed by atoms with Gasteiger partial charge in [-0.2, -0.15) is 0 Å². The molecule has 0 bridgehead atoms. The molecule has 7 heteroatoms. The van der Waals surface area contributed by atoms with Crippen molar-refractivity contribution in [2.75, 3.05) is 24.5 Å². The summed E-state index contributed by atoms with van der Waals surface area (Å²) in [5.41, 5.74) is -0.836. The number of aromatic nitrogens is 1. The number of hydrogen-bond donors (Lipinski definition) is 1. The molecule has 1 saturated heterocycles. The summed E-state index contributed by atoms with van der Waals surface area (Å²) in [7, 11) is 0. The molecular weight excluding hydrogens is 331 g/mol. The molecule has 134 valence electrons. The topological polar surface area (TPSA) is 37.3 Å². The highest BCUT2D eigenvalue weighted by Gasteiger charge is 2.33. The average Bonchev–Trinajstić information content (AvgIpc) is 3.40. The van der Waals surface area contributed by atoms with E-state index in [-0.39, 0.29) is 23.3 Å². The maximum atomic E-state index is 15.4. The molecule has 1 aromatic heterocycles. The Morgan fingerprint density at radius 3 is 2.52 bits per heavy atom. The van der Waals surface area contributed by atoms with E-state index in [2.05, 4.69) is 5.32 Å². The minimum atomic E-state index is -1.27. The lowest BCUT2D eigenvalue weighted by Crippen LogP contribution is -2.50. The summed E-state index contributed by atoms with van der Waals surface area (Å²) in [6.07, 6.45) is 3.25. The molecule has 1 aliphatic heterocycles. The van der Waals surface area contributed by atoms with Crippen LogP contribution in [0.3, 0.4) is 0 Å². The summed E-state index contributed by atoms with van der Waals surface area (Å²) in [5.74, 6) is -3.36. The molecule has 1 unspecified atom stereocenters. The minimum absolute atomic E-state index is 0.0370. The largest absolute Gasteiger partial charge is 0.364 e. The molecule has 1 aromatic carbocycles. The van der Waals surface area contributed by atoms with Gasteiger partial charge in [0, 0.05) is 43.5 Å². The molecule has 1 N–H and O–H groups in total. The predicted molar refractivity (Wildman–Crippen MR) is 90.8 cm³/mol. The van der Waals surface area contributed by atoms with Gasteiger partial charge in [-0.05, 0) is 26.7 Å². The van der Waals surface area contributed by atoms with Crippen LogP contribution >= 0.6 is 0 Å². The average molecular weight is 351 g/mol. The fraction of sp³-hybridized carbons (Fsp3) is 0.500. The minimum Gasteiger partial charge on any atom is -0.364 e. The van der Waals surface area contributed by atoms with Crippen molar-refractivity contribution in [3.05, 3.63) is 39.4 Å². The van der Waals surface area contributed by atoms with Gasteiger partial charge in [-0.1, -0.05) is 0 Å². The summed E-state index contributed by atoms with van der Waals surface area (Å²) >= 11 is 0. The second-order valence-corrected chi connectivity index (χ2v) is 7.10. The Bertz CT molecular complexity index is 920. The van der Waals surface area contributed by atoms with E-state index >= 15 is 4.39 Å². The quantitative estimate of drug-likeness (QED) is 0.846. The molecule has 2 heterocycles. The van der Waals surface area contributed by atoms with Crippen LogP contribution in [0.25, 0.3) is 10.9 Å². The van der Waals surface area contributed by atoms with Gasteiger partial charge in [0.05, 0.1) is 10.9 Å². The van der Waals surface area contributed by atoms with Crippen LogP contribution in [-0.4, -0.2) is 30.2 Å². The first-order valence-electron chi connectivity index (χ1n) is 8.60. The summed E-state index contributed by atoms with van der Waals surface area (Å²) in [6.45, 7) is 4.76. The van der Waals surface area contributed by atoms with Gasteiger partial charge in [0.15, 0.2) is 22.9 Å². The first kappa shape index (κ1) is 16.4. The van der Waals surface area contributed by atoms with Gasteiger partial charge < -0.3 is 14.8 Å². The second kappa shape index (κ2) is 5.76. The smallest absolute Gasteiger partial charge is 0.195 e. The van der Waals surface area contributed by atoms with Gasteiger partial charge in [-0.15, -0.1) is 0 Å². The zero-order valence-corrected chi connectivity index (χ0v) is 14.2. The Kier molecular flexibility index (Phi) is 3.79. The third kappa shape index (κ3) is 2.52. The van der Waals surface area contributed by atoms with Crippen LogP contribution < -0.4 is 15.6 Å². The molecule has 2 aromatic rings. The number of hydrogen-bond acceptors (Lipinski definition) is 3. The number of rotatable bonds is 2. The lowest BCUT2D eigenvalue weighted by atomic mass is 10.1. The summed E-state index contributed by atoms with van der Waals surface area (Å²) in [4.78, 5) is 13.9. The normalized spacial score (nSPS) is 21.2. The molecule has 1 saturated carbocycles. The highest BCUT2D eigenvalue weighted by molar-refractivity contribution is 5.85. The van der Waals surface area contributed by atoms with Crippen molar-refractivity contribution in [3.63, 3.8) is 0 Å². The highest BCUT2D eigenvalue weighted by atomic mass is 19.2. The second-order valence-electron chi connectivity index (χ2n) is 7.10. The summed E-state index contributed by atoms with van der Waals surface area (Å²) in [6, 6.07) is 0.0749. The zero-order chi connectivity index (χ0) is 17.9. The van der Waals surface area contributed by atoms with E-state index in [0.29, 0.717) is 25.2 Å². The molecule has 0 radical (unpaired) electrons. The first-order chi connectivity index (χ1) is 11.9. The first-order valence-corrected chi connectivity index (χ1v) is 8.60. The van der Waals surface area contributed by atoms with Crippen molar-refractivity contribution < 1.29 is 13.2 Å². The Labute approximate surface area is 143 Å². The van der Waals surface area contributed by atoms with Crippen LogP contribution in [0.5, 0.6) is 0 Å². The number of nitrogens with zero attached hydrogens (tertiary/aromatic N) is 2. The lowest BCUT2D eigenvalue weighted by molar-refractivity contribution is 0.457. The van der Waals surface area contributed by atoms with Crippen LogP contribution in [-0.2, 0) is 0 Å². The molecule has 1 aliphatic carbocycles. The van der Waals surface area contributed by atoms with E-state index in [4.69, 9.17) is 0 Å². The molecule has 0 spiro atoms. The fourth-order valence-corrected chi connectivity index (χ4v) is 3.67. The Morgan fingerprint density at radius 2 is 1.88 bits per heavy atom. The summed E-state index contributed by atoms with van der Waals surface area (Å²) < 4.78 is 46.5. The van der Waals surface area contributed by atoms with Crippen molar-refractivity contribution in [3.8, 4) is 0 Å². The number of fused-ring (bicyclic) bond motifs is 1. The van der Waals surface area contributed by atoms with E-state index < -0.39 is 28.3 Å². The van der Waals surface area contributed by atoms with Crippen LogP contribution in [0.1, 0.15) is 31.4 Å². The van der Waals surface area contributed by atoms with Crippen LogP contribution in [0.4, 0.5) is 18.9 Å². The van der Waals surface area contributed by atoms with Crippen molar-refractivity contribution in [2.24, 2.45) is 0 Å². The van der Waals surface area contributed by atoms with Crippen molar-refractivity contribution in [1.29, 1.82) is 0 Å². The van der Waals surface area contributed by atoms with Gasteiger partial charge in [-0.25, -0.2) is 13.2 Å². The fourth-order valence-electron chi connectivity index (χ4n) is 3.67. The summed E-state index contributed by atoms with van der Waals surface area (Å²) in [5, 5.41) is 2.72. The van der Waals surface area contributed by atoms with E-state index in [9.17, 15) is 13.6 Å². The van der Waals surface area contributed by atoms with Gasteiger partial charge in [0.2, 0.25) is 0 Å².